The first kappa shape index (κ1) is 18.5. The number of nitriles is 1. The van der Waals surface area contributed by atoms with Gasteiger partial charge in [0.1, 0.15) is 23.2 Å². The van der Waals surface area contributed by atoms with E-state index in [0.29, 0.717) is 29.3 Å². The number of aromatic nitrogens is 3. The lowest BCUT2D eigenvalue weighted by Gasteiger charge is -2.20. The van der Waals surface area contributed by atoms with Gasteiger partial charge in [-0.15, -0.1) is 5.10 Å². The minimum atomic E-state index is -0.392. The van der Waals surface area contributed by atoms with Gasteiger partial charge in [0.2, 0.25) is 0 Å². The van der Waals surface area contributed by atoms with E-state index >= 15 is 0 Å². The second-order valence-corrected chi connectivity index (χ2v) is 7.05. The fraction of sp³-hybridized carbons (Fsp3) is 0.316. The summed E-state index contributed by atoms with van der Waals surface area (Å²) in [5, 5.41) is 20.7. The molecule has 3 rings (SSSR count). The molecular weight excluding hydrogens is 342 g/mol. The van der Waals surface area contributed by atoms with Crippen LogP contribution >= 0.6 is 0 Å². The van der Waals surface area contributed by atoms with Gasteiger partial charge in [-0.2, -0.15) is 9.78 Å². The highest BCUT2D eigenvalue weighted by atomic mass is 16.5. The summed E-state index contributed by atoms with van der Waals surface area (Å²) >= 11 is 0. The van der Waals surface area contributed by atoms with Crippen molar-refractivity contribution in [1.82, 2.24) is 14.6 Å². The number of nitrogens with one attached hydrogen (secondary N) is 2. The van der Waals surface area contributed by atoms with E-state index in [1.54, 1.807) is 11.6 Å². The van der Waals surface area contributed by atoms with Crippen LogP contribution in [0.4, 0.5) is 17.3 Å². The molecule has 0 fully saturated rings. The molecule has 0 aliphatic heterocycles. The van der Waals surface area contributed by atoms with Crippen LogP contribution in [0.2, 0.25) is 0 Å². The number of hydrogen-bond donors (Lipinski definition) is 3. The molecule has 0 saturated carbocycles. The molecule has 2 aromatic heterocycles. The zero-order chi connectivity index (χ0) is 19.6. The van der Waals surface area contributed by atoms with Gasteiger partial charge in [0.15, 0.2) is 11.5 Å². The van der Waals surface area contributed by atoms with E-state index in [4.69, 9.17) is 10.5 Å². The van der Waals surface area contributed by atoms with Crippen LogP contribution in [0.25, 0.3) is 5.65 Å². The van der Waals surface area contributed by atoms with Crippen molar-refractivity contribution in [3.05, 3.63) is 41.6 Å². The Labute approximate surface area is 158 Å². The Balaban J connectivity index is 2.05. The predicted molar refractivity (Wildman–Crippen MR) is 105 cm³/mol. The summed E-state index contributed by atoms with van der Waals surface area (Å²) in [6.45, 7) is 6.30. The van der Waals surface area contributed by atoms with Crippen LogP contribution in [0.5, 0.6) is 5.75 Å². The van der Waals surface area contributed by atoms with E-state index in [-0.39, 0.29) is 0 Å². The van der Waals surface area contributed by atoms with Crippen molar-refractivity contribution < 1.29 is 4.74 Å². The molecule has 4 N–H and O–H groups in total. The average Bonchev–Trinajstić information content (AvgIpc) is 2.96. The lowest BCUT2D eigenvalue weighted by atomic mass is 10.1. The van der Waals surface area contributed by atoms with Crippen LogP contribution < -0.4 is 21.1 Å². The van der Waals surface area contributed by atoms with Gasteiger partial charge in [0.25, 0.3) is 0 Å². The second-order valence-electron chi connectivity index (χ2n) is 7.05. The van der Waals surface area contributed by atoms with Gasteiger partial charge in [0.05, 0.1) is 7.11 Å². The van der Waals surface area contributed by atoms with Crippen LogP contribution in [-0.2, 0) is 0 Å². The van der Waals surface area contributed by atoms with Gasteiger partial charge in [-0.25, -0.2) is 4.98 Å². The number of rotatable bonds is 6. The van der Waals surface area contributed by atoms with Crippen molar-refractivity contribution in [3.63, 3.8) is 0 Å². The van der Waals surface area contributed by atoms with E-state index in [9.17, 15) is 5.26 Å². The maximum Gasteiger partial charge on any atom is 0.177 e. The van der Waals surface area contributed by atoms with Crippen LogP contribution in [0.3, 0.4) is 0 Å². The molecule has 8 heteroatoms. The van der Waals surface area contributed by atoms with Gasteiger partial charge < -0.3 is 21.1 Å². The molecule has 0 amide bonds. The highest BCUT2D eigenvalue weighted by Gasteiger charge is 2.18. The summed E-state index contributed by atoms with van der Waals surface area (Å²) in [5.74, 6) is 1.87. The summed E-state index contributed by atoms with van der Waals surface area (Å²) < 4.78 is 6.87. The van der Waals surface area contributed by atoms with Gasteiger partial charge in [-0.1, -0.05) is 6.07 Å². The maximum atomic E-state index is 9.68. The van der Waals surface area contributed by atoms with E-state index < -0.39 is 5.54 Å². The fourth-order valence-corrected chi connectivity index (χ4v) is 2.61. The quantitative estimate of drug-likeness (QED) is 0.615. The van der Waals surface area contributed by atoms with E-state index in [2.05, 4.69) is 26.8 Å². The number of methoxy groups -OCH3 is 1. The molecular formula is C19H23N7O. The molecule has 0 aliphatic carbocycles. The minimum Gasteiger partial charge on any atom is -0.497 e. The van der Waals surface area contributed by atoms with Crippen molar-refractivity contribution in [2.75, 3.05) is 24.3 Å². The van der Waals surface area contributed by atoms with E-state index in [1.807, 2.05) is 51.1 Å². The maximum absolute atomic E-state index is 9.68. The standard InChI is InChI=1S/C19H23N7O/c1-12-8-16(22-11-19(2,3)21)26-18(23-12)15(10-20)17(25-26)24-13-6-5-7-14(9-13)27-4/h5-9,22H,11,21H2,1-4H3,(H,24,25). The Morgan fingerprint density at radius 3 is 2.78 bits per heavy atom. The van der Waals surface area contributed by atoms with Crippen LogP contribution in [0.1, 0.15) is 25.1 Å². The number of nitrogens with zero attached hydrogens (tertiary/aromatic N) is 4. The Morgan fingerprint density at radius 1 is 1.33 bits per heavy atom. The van der Waals surface area contributed by atoms with E-state index in [0.717, 1.165) is 17.2 Å². The number of benzene rings is 1. The summed E-state index contributed by atoms with van der Waals surface area (Å²) in [6, 6.07) is 11.5. The van der Waals surface area contributed by atoms with E-state index in [1.165, 1.54) is 0 Å². The van der Waals surface area contributed by atoms with Crippen molar-refractivity contribution in [2.24, 2.45) is 5.73 Å². The Hall–Kier alpha value is -3.31. The molecule has 8 nitrogen and oxygen atoms in total. The number of hydrogen-bond acceptors (Lipinski definition) is 7. The fourth-order valence-electron chi connectivity index (χ4n) is 2.61. The third-order valence-corrected chi connectivity index (χ3v) is 3.89. The van der Waals surface area contributed by atoms with Gasteiger partial charge in [-0.05, 0) is 32.9 Å². The number of ether oxygens (including phenoxy) is 1. The molecule has 140 valence electrons. The Morgan fingerprint density at radius 2 is 2.11 bits per heavy atom. The molecule has 27 heavy (non-hydrogen) atoms. The largest absolute Gasteiger partial charge is 0.497 e. The van der Waals surface area contributed by atoms with Crippen LogP contribution in [-0.4, -0.2) is 33.8 Å². The minimum absolute atomic E-state index is 0.372. The molecule has 0 saturated heterocycles. The highest BCUT2D eigenvalue weighted by molar-refractivity contribution is 5.74. The van der Waals surface area contributed by atoms with Gasteiger partial charge in [-0.3, -0.25) is 0 Å². The highest BCUT2D eigenvalue weighted by Crippen LogP contribution is 2.26. The van der Waals surface area contributed by atoms with Crippen molar-refractivity contribution in [3.8, 4) is 11.8 Å². The molecule has 0 aliphatic rings. The average molecular weight is 365 g/mol. The first-order valence-corrected chi connectivity index (χ1v) is 8.55. The zero-order valence-corrected chi connectivity index (χ0v) is 15.9. The van der Waals surface area contributed by atoms with Gasteiger partial charge in [0, 0.05) is 35.6 Å². The molecule has 2 heterocycles. The third kappa shape index (κ3) is 4.10. The lowest BCUT2D eigenvalue weighted by Crippen LogP contribution is -2.40. The molecule has 0 spiro atoms. The predicted octanol–water partition coefficient (Wildman–Crippen LogP) is 2.81. The zero-order valence-electron chi connectivity index (χ0n) is 15.9. The lowest BCUT2D eigenvalue weighted by molar-refractivity contribution is 0.415. The summed E-state index contributed by atoms with van der Waals surface area (Å²) in [4.78, 5) is 4.49. The Bertz CT molecular complexity index is 1010. The smallest absolute Gasteiger partial charge is 0.177 e. The van der Waals surface area contributed by atoms with Crippen LogP contribution in [0.15, 0.2) is 30.3 Å². The number of anilines is 3. The SMILES string of the molecule is COc1cccc(Nc2nn3c(NCC(C)(C)N)cc(C)nc3c2C#N)c1. The monoisotopic (exact) mass is 365 g/mol. The topological polar surface area (TPSA) is 113 Å². The van der Waals surface area contributed by atoms with Gasteiger partial charge >= 0.3 is 0 Å². The van der Waals surface area contributed by atoms with Crippen molar-refractivity contribution in [1.29, 1.82) is 5.26 Å². The third-order valence-electron chi connectivity index (χ3n) is 3.89. The van der Waals surface area contributed by atoms with Crippen molar-refractivity contribution in [2.45, 2.75) is 26.3 Å². The van der Waals surface area contributed by atoms with Crippen molar-refractivity contribution >= 4 is 23.0 Å². The number of fused-ring (bicyclic) bond motifs is 1. The summed E-state index contributed by atoms with van der Waals surface area (Å²) in [7, 11) is 1.61. The normalized spacial score (nSPS) is 11.3. The summed E-state index contributed by atoms with van der Waals surface area (Å²) in [6.07, 6.45) is 0. The first-order valence-electron chi connectivity index (χ1n) is 8.55. The molecule has 3 aromatic rings. The molecule has 0 radical (unpaired) electrons. The number of nitrogens with two attached hydrogens (primary N) is 1. The second kappa shape index (κ2) is 7.13. The molecule has 0 bridgehead atoms. The molecule has 0 atom stereocenters. The summed E-state index contributed by atoms with van der Waals surface area (Å²) in [5.41, 5.74) is 8.09. The number of aryl methyl sites for hydroxylation is 1. The molecule has 1 aromatic carbocycles. The molecule has 0 unspecified atom stereocenters. The Kier molecular flexibility index (Phi) is 4.88. The van der Waals surface area contributed by atoms with Crippen LogP contribution in [0, 0.1) is 18.3 Å². The first-order chi connectivity index (χ1) is 12.8.